The molecule has 0 spiro atoms. The molecular formula is C29H30N6O4S2. The maximum Gasteiger partial charge on any atom is 0.296 e. The predicted molar refractivity (Wildman–Crippen MR) is 167 cm³/mol. The summed E-state index contributed by atoms with van der Waals surface area (Å²) < 4.78 is 10.3. The highest BCUT2D eigenvalue weighted by atomic mass is 32.2. The van der Waals surface area contributed by atoms with E-state index in [9.17, 15) is 14.4 Å². The summed E-state index contributed by atoms with van der Waals surface area (Å²) in [5.74, 6) is -0.106. The van der Waals surface area contributed by atoms with Crippen molar-refractivity contribution in [2.24, 2.45) is 7.05 Å². The number of carbonyl (C=O) groups is 1. The zero-order valence-corrected chi connectivity index (χ0v) is 24.8. The molecular weight excluding hydrogens is 560 g/mol. The van der Waals surface area contributed by atoms with E-state index in [1.54, 1.807) is 30.9 Å². The van der Waals surface area contributed by atoms with Crippen LogP contribution >= 0.6 is 24.0 Å². The number of thioether (sulfide) groups is 1. The molecule has 10 nitrogen and oxygen atoms in total. The summed E-state index contributed by atoms with van der Waals surface area (Å²) in [6.07, 6.45) is 3.94. The summed E-state index contributed by atoms with van der Waals surface area (Å²) in [6.45, 7) is 7.31. The maximum atomic E-state index is 13.8. The lowest BCUT2D eigenvalue weighted by molar-refractivity contribution is -0.113. The summed E-state index contributed by atoms with van der Waals surface area (Å²) in [6, 6.07) is 12.8. The van der Waals surface area contributed by atoms with E-state index in [-0.39, 0.29) is 31.6 Å². The molecule has 3 aromatic heterocycles. The number of benzene rings is 1. The molecule has 4 aromatic rings. The van der Waals surface area contributed by atoms with Crippen molar-refractivity contribution >= 4 is 57.4 Å². The third-order valence-electron chi connectivity index (χ3n) is 6.78. The molecule has 1 aromatic carbocycles. The van der Waals surface area contributed by atoms with Gasteiger partial charge in [-0.05, 0) is 57.0 Å². The van der Waals surface area contributed by atoms with Gasteiger partial charge < -0.3 is 10.1 Å². The fraction of sp³-hybridized carbons (Fsp3) is 0.276. The Balaban J connectivity index is 1.56. The number of carbonyl (C=O) groups excluding carboxylic acids is 1. The van der Waals surface area contributed by atoms with Crippen LogP contribution in [-0.2, 0) is 16.6 Å². The van der Waals surface area contributed by atoms with Crippen molar-refractivity contribution in [2.45, 2.75) is 27.2 Å². The fourth-order valence-corrected chi connectivity index (χ4v) is 5.90. The third-order valence-corrected chi connectivity index (χ3v) is 8.09. The molecule has 5 rings (SSSR count). The molecule has 212 valence electrons. The number of ether oxygens (including phenoxy) is 1. The van der Waals surface area contributed by atoms with Crippen molar-refractivity contribution < 1.29 is 9.53 Å². The number of amides is 1. The van der Waals surface area contributed by atoms with Gasteiger partial charge in [-0.15, -0.1) is 0 Å². The van der Waals surface area contributed by atoms with Crippen molar-refractivity contribution in [1.82, 2.24) is 18.7 Å². The van der Waals surface area contributed by atoms with Gasteiger partial charge in [-0.1, -0.05) is 48.2 Å². The first-order valence-corrected chi connectivity index (χ1v) is 14.4. The van der Waals surface area contributed by atoms with Crippen LogP contribution in [0.4, 0.5) is 11.5 Å². The minimum atomic E-state index is -0.470. The molecule has 0 bridgehead atoms. The molecule has 0 aliphatic carbocycles. The van der Waals surface area contributed by atoms with Crippen LogP contribution in [0.2, 0.25) is 0 Å². The Morgan fingerprint density at radius 3 is 2.56 bits per heavy atom. The second kappa shape index (κ2) is 11.9. The van der Waals surface area contributed by atoms with E-state index in [1.165, 1.54) is 20.1 Å². The molecule has 1 saturated heterocycles. The van der Waals surface area contributed by atoms with Crippen LogP contribution in [0.5, 0.6) is 0 Å². The highest BCUT2D eigenvalue weighted by Crippen LogP contribution is 2.36. The fourth-order valence-electron chi connectivity index (χ4n) is 4.65. The molecule has 0 radical (unpaired) electrons. The monoisotopic (exact) mass is 590 g/mol. The lowest BCUT2D eigenvalue weighted by Crippen LogP contribution is -2.33. The van der Waals surface area contributed by atoms with E-state index in [0.717, 1.165) is 17.3 Å². The lowest BCUT2D eigenvalue weighted by atomic mass is 10.2. The van der Waals surface area contributed by atoms with Crippen LogP contribution < -0.4 is 21.3 Å². The Labute approximate surface area is 246 Å². The van der Waals surface area contributed by atoms with Crippen LogP contribution in [0.25, 0.3) is 17.4 Å². The van der Waals surface area contributed by atoms with Gasteiger partial charge in [-0.25, -0.2) is 9.67 Å². The van der Waals surface area contributed by atoms with E-state index in [0.29, 0.717) is 49.0 Å². The molecule has 1 fully saturated rings. The van der Waals surface area contributed by atoms with Gasteiger partial charge in [0.25, 0.3) is 17.0 Å². The van der Waals surface area contributed by atoms with Gasteiger partial charge in [-0.3, -0.25) is 28.4 Å². The molecule has 0 saturated carbocycles. The zero-order valence-electron chi connectivity index (χ0n) is 23.2. The van der Waals surface area contributed by atoms with Crippen LogP contribution in [0.15, 0.2) is 63.2 Å². The molecule has 41 heavy (non-hydrogen) atoms. The SMILES string of the molecule is CCOCCCNc1nc2ccc(C)cn2c(=O)c1/C=C1/SC(=S)N(c2c(C)n(C)n(-c3ccccc3)c2=O)C1=O. The number of para-hydroxylation sites is 1. The molecule has 1 aliphatic heterocycles. The average molecular weight is 591 g/mol. The number of pyridine rings is 1. The zero-order chi connectivity index (χ0) is 29.3. The van der Waals surface area contributed by atoms with Gasteiger partial charge in [0.05, 0.1) is 21.8 Å². The van der Waals surface area contributed by atoms with Crippen LogP contribution in [0, 0.1) is 13.8 Å². The van der Waals surface area contributed by atoms with E-state index in [2.05, 4.69) is 10.3 Å². The molecule has 1 aliphatic rings. The standard InChI is InChI=1S/C29H30N6O4S2/c1-5-39-15-9-14-30-25-21(26(36)33-17-18(2)12-13-23(33)31-25)16-22-27(37)34(29(40)41-22)24-19(3)32(4)35(28(24)38)20-10-7-6-8-11-20/h6-8,10-13,16-17,30H,5,9,14-15H2,1-4H3/b22-16+. The Morgan fingerprint density at radius 2 is 1.83 bits per heavy atom. The van der Waals surface area contributed by atoms with Gasteiger partial charge in [0, 0.05) is 33.0 Å². The van der Waals surface area contributed by atoms with Gasteiger partial charge in [-0.2, -0.15) is 0 Å². The smallest absolute Gasteiger partial charge is 0.296 e. The Bertz CT molecular complexity index is 1810. The van der Waals surface area contributed by atoms with Gasteiger partial charge in [0.15, 0.2) is 4.32 Å². The number of nitrogens with one attached hydrogen (secondary N) is 1. The minimum absolute atomic E-state index is 0.181. The van der Waals surface area contributed by atoms with Crippen molar-refractivity contribution in [2.75, 3.05) is 30.0 Å². The second-order valence-corrected chi connectivity index (χ2v) is 11.2. The third kappa shape index (κ3) is 5.37. The van der Waals surface area contributed by atoms with Crippen molar-refractivity contribution in [3.8, 4) is 5.69 Å². The Hall–Kier alpha value is -4.00. The van der Waals surface area contributed by atoms with E-state index in [4.69, 9.17) is 17.0 Å². The van der Waals surface area contributed by atoms with Crippen LogP contribution in [0.3, 0.4) is 0 Å². The van der Waals surface area contributed by atoms with E-state index >= 15 is 0 Å². The molecule has 1 N–H and O–H groups in total. The van der Waals surface area contributed by atoms with Crippen molar-refractivity contribution in [3.05, 3.63) is 91.1 Å². The van der Waals surface area contributed by atoms with Crippen LogP contribution in [-0.4, -0.2) is 48.7 Å². The number of nitrogens with zero attached hydrogens (tertiary/aromatic N) is 5. The normalized spacial score (nSPS) is 14.5. The number of fused-ring (bicyclic) bond motifs is 1. The molecule has 12 heteroatoms. The molecule has 4 heterocycles. The van der Waals surface area contributed by atoms with Gasteiger partial charge >= 0.3 is 0 Å². The number of hydrogen-bond donors (Lipinski definition) is 1. The Kier molecular flexibility index (Phi) is 8.25. The van der Waals surface area contributed by atoms with Crippen LogP contribution in [0.1, 0.15) is 30.2 Å². The summed E-state index contributed by atoms with van der Waals surface area (Å²) in [4.78, 5) is 47.2. The Morgan fingerprint density at radius 1 is 1.07 bits per heavy atom. The highest BCUT2D eigenvalue weighted by Gasteiger charge is 2.38. The molecule has 0 atom stereocenters. The first-order chi connectivity index (χ1) is 19.7. The van der Waals surface area contributed by atoms with Gasteiger partial charge in [0.1, 0.15) is 17.2 Å². The number of aromatic nitrogens is 4. The average Bonchev–Trinajstić information content (AvgIpc) is 3.35. The molecule has 0 unspecified atom stereocenters. The lowest BCUT2D eigenvalue weighted by Gasteiger charge is -2.13. The summed E-state index contributed by atoms with van der Waals surface area (Å²) in [7, 11) is 1.76. The van der Waals surface area contributed by atoms with Crippen molar-refractivity contribution in [3.63, 3.8) is 0 Å². The quantitative estimate of drug-likeness (QED) is 0.177. The largest absolute Gasteiger partial charge is 0.382 e. The first-order valence-electron chi connectivity index (χ1n) is 13.2. The van der Waals surface area contributed by atoms with Crippen molar-refractivity contribution in [1.29, 1.82) is 0 Å². The number of hydrogen-bond acceptors (Lipinski definition) is 8. The predicted octanol–water partition coefficient (Wildman–Crippen LogP) is 4.05. The molecule has 1 amide bonds. The van der Waals surface area contributed by atoms with E-state index < -0.39 is 5.91 Å². The summed E-state index contributed by atoms with van der Waals surface area (Å²) in [5, 5.41) is 3.24. The number of aryl methyl sites for hydroxylation is 1. The second-order valence-electron chi connectivity index (χ2n) is 9.52. The maximum absolute atomic E-state index is 13.8. The highest BCUT2D eigenvalue weighted by molar-refractivity contribution is 8.27. The minimum Gasteiger partial charge on any atom is -0.382 e. The van der Waals surface area contributed by atoms with Gasteiger partial charge in [0.2, 0.25) is 0 Å². The van der Waals surface area contributed by atoms with E-state index in [1.807, 2.05) is 50.2 Å². The number of thiocarbonyl (C=S) groups is 1. The number of anilines is 2. The topological polar surface area (TPSA) is 103 Å². The summed E-state index contributed by atoms with van der Waals surface area (Å²) >= 11 is 6.64. The number of rotatable bonds is 9. The first kappa shape index (κ1) is 28.5. The summed E-state index contributed by atoms with van der Waals surface area (Å²) in [5.41, 5.74) is 2.35.